The van der Waals surface area contributed by atoms with Crippen molar-refractivity contribution in [2.75, 3.05) is 9.80 Å². The van der Waals surface area contributed by atoms with Gasteiger partial charge in [-0.3, -0.25) is 0 Å². The highest BCUT2D eigenvalue weighted by Crippen LogP contribution is 2.43. The summed E-state index contributed by atoms with van der Waals surface area (Å²) in [6.45, 7) is 4.56. The highest BCUT2D eigenvalue weighted by Gasteiger charge is 2.19. The zero-order chi connectivity index (χ0) is 33.6. The van der Waals surface area contributed by atoms with E-state index in [-0.39, 0.29) is 0 Å². The summed E-state index contributed by atoms with van der Waals surface area (Å²) >= 11 is 0. The number of allylic oxidation sites excluding steroid dienone is 1. The minimum absolute atomic E-state index is 1.10. The van der Waals surface area contributed by atoms with Gasteiger partial charge in [0.2, 0.25) is 0 Å². The van der Waals surface area contributed by atoms with Crippen molar-refractivity contribution in [1.29, 1.82) is 0 Å². The average molecular weight is 643 g/mol. The number of hydrogen-bond donors (Lipinski definition) is 0. The molecule has 0 aliphatic heterocycles. The Labute approximate surface area is 294 Å². The van der Waals surface area contributed by atoms with E-state index < -0.39 is 0 Å². The van der Waals surface area contributed by atoms with Gasteiger partial charge in [0, 0.05) is 34.1 Å². The van der Waals surface area contributed by atoms with E-state index in [1.54, 1.807) is 0 Å². The van der Waals surface area contributed by atoms with Gasteiger partial charge in [0.05, 0.1) is 0 Å². The maximum atomic E-state index is 2.40. The molecule has 2 heteroatoms. The first kappa shape index (κ1) is 30.0. The summed E-state index contributed by atoms with van der Waals surface area (Å²) in [5, 5.41) is 7.61. The van der Waals surface area contributed by atoms with Gasteiger partial charge in [-0.05, 0) is 154 Å². The van der Waals surface area contributed by atoms with Crippen molar-refractivity contribution in [3.8, 4) is 0 Å². The molecular weight excluding hydrogens is 605 g/mol. The number of anilines is 6. The number of aryl methyl sites for hydroxylation is 3. The zero-order valence-corrected chi connectivity index (χ0v) is 28.5. The summed E-state index contributed by atoms with van der Waals surface area (Å²) in [5.41, 5.74) is 12.2. The minimum atomic E-state index is 1.10. The van der Waals surface area contributed by atoms with Crippen LogP contribution in [0.25, 0.3) is 38.4 Å². The molecule has 240 valence electrons. The van der Waals surface area contributed by atoms with Crippen LogP contribution in [0.2, 0.25) is 0 Å². The normalized spacial score (nSPS) is 12.4. The Kier molecular flexibility index (Phi) is 7.43. The predicted molar refractivity (Wildman–Crippen MR) is 215 cm³/mol. The Balaban J connectivity index is 1.22. The molecule has 9 rings (SSSR count). The molecular formula is C48H38N2. The van der Waals surface area contributed by atoms with Crippen LogP contribution < -0.4 is 9.80 Å². The van der Waals surface area contributed by atoms with E-state index in [1.807, 2.05) is 0 Å². The topological polar surface area (TPSA) is 6.48 Å². The monoisotopic (exact) mass is 642 g/mol. The van der Waals surface area contributed by atoms with Gasteiger partial charge >= 0.3 is 0 Å². The molecule has 0 radical (unpaired) electrons. The van der Waals surface area contributed by atoms with Crippen LogP contribution in [0.1, 0.15) is 28.7 Å². The van der Waals surface area contributed by atoms with Gasteiger partial charge in [0.25, 0.3) is 0 Å². The molecule has 0 unspecified atom stereocenters. The third-order valence-electron chi connectivity index (χ3n) is 10.4. The SMILES string of the molecule is Cc1c2ccc(N(c3ccccc3)c3ccc4c(c3)C=CCC4)cc2c(C)c2cc(N(c3ccccc3)c3ccc4ccccc4c3)ccc12. The molecule has 0 saturated heterocycles. The summed E-state index contributed by atoms with van der Waals surface area (Å²) in [6, 6.07) is 57.7. The maximum absolute atomic E-state index is 2.40. The van der Waals surface area contributed by atoms with Crippen molar-refractivity contribution < 1.29 is 0 Å². The number of para-hydroxylation sites is 2. The summed E-state index contributed by atoms with van der Waals surface area (Å²) in [5.74, 6) is 0. The lowest BCUT2D eigenvalue weighted by molar-refractivity contribution is 0.985. The Morgan fingerprint density at radius 3 is 1.54 bits per heavy atom. The number of rotatable bonds is 6. The molecule has 0 N–H and O–H groups in total. The van der Waals surface area contributed by atoms with Crippen LogP contribution in [-0.2, 0) is 6.42 Å². The molecule has 8 aromatic rings. The summed E-state index contributed by atoms with van der Waals surface area (Å²) < 4.78 is 0. The molecule has 0 amide bonds. The van der Waals surface area contributed by atoms with E-state index in [2.05, 4.69) is 194 Å². The fourth-order valence-electron chi connectivity index (χ4n) is 7.83. The van der Waals surface area contributed by atoms with Crippen molar-refractivity contribution in [2.45, 2.75) is 26.7 Å². The van der Waals surface area contributed by atoms with Crippen LogP contribution in [0.3, 0.4) is 0 Å². The van der Waals surface area contributed by atoms with Crippen LogP contribution in [0.15, 0.2) is 164 Å². The van der Waals surface area contributed by atoms with Crippen molar-refractivity contribution in [1.82, 2.24) is 0 Å². The van der Waals surface area contributed by atoms with Gasteiger partial charge in [-0.1, -0.05) is 97.1 Å². The molecule has 0 fully saturated rings. The third kappa shape index (κ3) is 5.21. The van der Waals surface area contributed by atoms with Gasteiger partial charge in [-0.25, -0.2) is 0 Å². The smallest absolute Gasteiger partial charge is 0.0468 e. The Hall–Kier alpha value is -6.12. The summed E-state index contributed by atoms with van der Waals surface area (Å²) in [6.07, 6.45) is 6.78. The highest BCUT2D eigenvalue weighted by molar-refractivity contribution is 6.08. The van der Waals surface area contributed by atoms with E-state index in [1.165, 1.54) is 60.3 Å². The Morgan fingerprint density at radius 1 is 0.400 bits per heavy atom. The maximum Gasteiger partial charge on any atom is 0.0468 e. The molecule has 2 nitrogen and oxygen atoms in total. The van der Waals surface area contributed by atoms with Crippen molar-refractivity contribution >= 4 is 72.5 Å². The fraction of sp³-hybridized carbons (Fsp3) is 0.0833. The van der Waals surface area contributed by atoms with E-state index in [4.69, 9.17) is 0 Å². The first-order chi connectivity index (χ1) is 24.6. The fourth-order valence-corrected chi connectivity index (χ4v) is 7.83. The van der Waals surface area contributed by atoms with Crippen molar-refractivity contribution in [2.24, 2.45) is 0 Å². The summed E-state index contributed by atoms with van der Waals surface area (Å²) in [4.78, 5) is 4.78. The second kappa shape index (κ2) is 12.4. The highest BCUT2D eigenvalue weighted by atomic mass is 15.1. The molecule has 0 saturated carbocycles. The van der Waals surface area contributed by atoms with E-state index in [9.17, 15) is 0 Å². The first-order valence-corrected chi connectivity index (χ1v) is 17.6. The number of fused-ring (bicyclic) bond motifs is 4. The van der Waals surface area contributed by atoms with Crippen molar-refractivity contribution in [3.05, 3.63) is 186 Å². The first-order valence-electron chi connectivity index (χ1n) is 17.6. The van der Waals surface area contributed by atoms with Gasteiger partial charge in [0.1, 0.15) is 0 Å². The zero-order valence-electron chi connectivity index (χ0n) is 28.5. The van der Waals surface area contributed by atoms with E-state index in [0.29, 0.717) is 0 Å². The van der Waals surface area contributed by atoms with Gasteiger partial charge in [-0.15, -0.1) is 0 Å². The third-order valence-corrected chi connectivity index (χ3v) is 10.4. The Bertz CT molecular complexity index is 2570. The van der Waals surface area contributed by atoms with E-state index in [0.717, 1.165) is 41.3 Å². The minimum Gasteiger partial charge on any atom is -0.310 e. The van der Waals surface area contributed by atoms with Crippen LogP contribution in [0, 0.1) is 13.8 Å². The average Bonchev–Trinajstić information content (AvgIpc) is 3.18. The van der Waals surface area contributed by atoms with Crippen LogP contribution in [-0.4, -0.2) is 0 Å². The molecule has 0 heterocycles. The van der Waals surface area contributed by atoms with Crippen LogP contribution >= 0.6 is 0 Å². The quantitative estimate of drug-likeness (QED) is 0.167. The molecule has 50 heavy (non-hydrogen) atoms. The number of benzene rings is 8. The second-order valence-corrected chi connectivity index (χ2v) is 13.4. The molecule has 0 atom stereocenters. The molecule has 0 spiro atoms. The second-order valence-electron chi connectivity index (χ2n) is 13.4. The number of nitrogens with zero attached hydrogens (tertiary/aromatic N) is 2. The van der Waals surface area contributed by atoms with Crippen LogP contribution in [0.5, 0.6) is 0 Å². The standard InChI is InChI=1S/C48H38N2/c1-33-45-27-25-43(49(39-17-5-3-6-18-39)41-23-21-35-13-9-11-15-37(35)29-41)31-47(45)34(2)48-32-44(26-28-46(33)48)50(40-19-7-4-8-20-40)42-24-22-36-14-10-12-16-38(36)30-42/h3-9,11-13,15-32H,10,14H2,1-2H3. The van der Waals surface area contributed by atoms with E-state index >= 15 is 0 Å². The Morgan fingerprint density at radius 2 is 0.900 bits per heavy atom. The van der Waals surface area contributed by atoms with Gasteiger partial charge < -0.3 is 9.80 Å². The van der Waals surface area contributed by atoms with Gasteiger partial charge in [-0.2, -0.15) is 0 Å². The molecule has 1 aliphatic rings. The van der Waals surface area contributed by atoms with Crippen LogP contribution in [0.4, 0.5) is 34.1 Å². The lowest BCUT2D eigenvalue weighted by Crippen LogP contribution is -2.11. The molecule has 8 aromatic carbocycles. The molecule has 1 aliphatic carbocycles. The van der Waals surface area contributed by atoms with Gasteiger partial charge in [0.15, 0.2) is 0 Å². The summed E-state index contributed by atoms with van der Waals surface area (Å²) in [7, 11) is 0. The lowest BCUT2D eigenvalue weighted by atomic mass is 9.92. The predicted octanol–water partition coefficient (Wildman–Crippen LogP) is 13.7. The molecule has 0 aromatic heterocycles. The lowest BCUT2D eigenvalue weighted by Gasteiger charge is -2.28. The van der Waals surface area contributed by atoms with Crippen molar-refractivity contribution in [3.63, 3.8) is 0 Å². The largest absolute Gasteiger partial charge is 0.310 e. The molecule has 0 bridgehead atoms. The number of hydrogen-bond acceptors (Lipinski definition) is 2.